The molecule has 1 heterocycles. The number of methoxy groups -OCH3 is 2. The van der Waals surface area contributed by atoms with E-state index in [-0.39, 0.29) is 6.04 Å². The number of hydrogen-bond acceptors (Lipinski definition) is 4. The highest BCUT2D eigenvalue weighted by molar-refractivity contribution is 5.39. The SMILES string of the molecule is COc1cnc(C(C)N)cc1OC. The Morgan fingerprint density at radius 1 is 1.31 bits per heavy atom. The molecular weight excluding hydrogens is 168 g/mol. The molecule has 0 aromatic carbocycles. The van der Waals surface area contributed by atoms with Gasteiger partial charge in [-0.15, -0.1) is 0 Å². The standard InChI is InChI=1S/C9H14N2O2/c1-6(10)7-4-8(12-2)9(13-3)5-11-7/h4-6H,10H2,1-3H3. The lowest BCUT2D eigenvalue weighted by molar-refractivity contribution is 0.352. The van der Waals surface area contributed by atoms with Crippen LogP contribution in [0.3, 0.4) is 0 Å². The van der Waals surface area contributed by atoms with Crippen LogP contribution in [-0.2, 0) is 0 Å². The van der Waals surface area contributed by atoms with Gasteiger partial charge >= 0.3 is 0 Å². The third-order valence-electron chi connectivity index (χ3n) is 1.76. The molecule has 1 aromatic rings. The summed E-state index contributed by atoms with van der Waals surface area (Å²) in [6.45, 7) is 1.87. The zero-order valence-electron chi connectivity index (χ0n) is 8.07. The summed E-state index contributed by atoms with van der Waals surface area (Å²) in [6, 6.07) is 1.68. The van der Waals surface area contributed by atoms with Crippen LogP contribution in [0.2, 0.25) is 0 Å². The molecule has 4 heteroatoms. The normalized spacial score (nSPS) is 12.3. The van der Waals surface area contributed by atoms with E-state index in [1.165, 1.54) is 0 Å². The molecule has 0 aliphatic heterocycles. The second-order valence-corrected chi connectivity index (χ2v) is 2.75. The minimum absolute atomic E-state index is 0.0974. The Labute approximate surface area is 77.7 Å². The monoisotopic (exact) mass is 182 g/mol. The molecule has 1 atom stereocenters. The summed E-state index contributed by atoms with van der Waals surface area (Å²) in [5.41, 5.74) is 6.46. The number of pyridine rings is 1. The molecule has 4 nitrogen and oxygen atoms in total. The zero-order valence-corrected chi connectivity index (χ0v) is 8.07. The first-order valence-corrected chi connectivity index (χ1v) is 4.02. The summed E-state index contributed by atoms with van der Waals surface area (Å²) in [5.74, 6) is 1.27. The lowest BCUT2D eigenvalue weighted by atomic mass is 10.2. The lowest BCUT2D eigenvalue weighted by Crippen LogP contribution is -2.07. The first-order valence-electron chi connectivity index (χ1n) is 4.02. The van der Waals surface area contributed by atoms with Crippen molar-refractivity contribution in [3.63, 3.8) is 0 Å². The Hall–Kier alpha value is -1.29. The van der Waals surface area contributed by atoms with Crippen molar-refractivity contribution in [2.45, 2.75) is 13.0 Å². The van der Waals surface area contributed by atoms with Crippen LogP contribution in [0.5, 0.6) is 11.5 Å². The van der Waals surface area contributed by atoms with Crippen molar-refractivity contribution >= 4 is 0 Å². The number of ether oxygens (including phenoxy) is 2. The van der Waals surface area contributed by atoms with Crippen LogP contribution >= 0.6 is 0 Å². The maximum absolute atomic E-state index is 5.67. The minimum atomic E-state index is -0.0974. The van der Waals surface area contributed by atoms with Crippen molar-refractivity contribution in [1.82, 2.24) is 4.98 Å². The van der Waals surface area contributed by atoms with Gasteiger partial charge in [0.25, 0.3) is 0 Å². The van der Waals surface area contributed by atoms with Gasteiger partial charge in [0, 0.05) is 12.1 Å². The van der Waals surface area contributed by atoms with Crippen LogP contribution < -0.4 is 15.2 Å². The van der Waals surface area contributed by atoms with Crippen LogP contribution in [-0.4, -0.2) is 19.2 Å². The fourth-order valence-corrected chi connectivity index (χ4v) is 1.00. The van der Waals surface area contributed by atoms with Crippen LogP contribution in [0.1, 0.15) is 18.7 Å². The van der Waals surface area contributed by atoms with E-state index in [0.717, 1.165) is 5.69 Å². The number of nitrogens with two attached hydrogens (primary N) is 1. The average Bonchev–Trinajstić information content (AvgIpc) is 2.16. The van der Waals surface area contributed by atoms with E-state index in [1.54, 1.807) is 26.5 Å². The molecule has 72 valence electrons. The molecule has 0 radical (unpaired) electrons. The highest BCUT2D eigenvalue weighted by Gasteiger charge is 2.07. The Morgan fingerprint density at radius 2 is 1.92 bits per heavy atom. The van der Waals surface area contributed by atoms with Crippen LogP contribution in [0.4, 0.5) is 0 Å². The molecule has 0 saturated heterocycles. The molecule has 0 bridgehead atoms. The number of aromatic nitrogens is 1. The summed E-state index contributed by atoms with van der Waals surface area (Å²) < 4.78 is 10.1. The molecule has 1 unspecified atom stereocenters. The Morgan fingerprint density at radius 3 is 2.38 bits per heavy atom. The molecule has 2 N–H and O–H groups in total. The summed E-state index contributed by atoms with van der Waals surface area (Å²) in [6.07, 6.45) is 1.61. The number of rotatable bonds is 3. The zero-order chi connectivity index (χ0) is 9.84. The average molecular weight is 182 g/mol. The molecule has 0 aliphatic carbocycles. The van der Waals surface area contributed by atoms with Gasteiger partial charge in [-0.1, -0.05) is 0 Å². The van der Waals surface area contributed by atoms with Crippen molar-refractivity contribution in [3.05, 3.63) is 18.0 Å². The molecule has 1 aromatic heterocycles. The molecule has 1 rings (SSSR count). The van der Waals surface area contributed by atoms with Crippen molar-refractivity contribution in [2.24, 2.45) is 5.73 Å². The summed E-state index contributed by atoms with van der Waals surface area (Å²) in [5, 5.41) is 0. The highest BCUT2D eigenvalue weighted by Crippen LogP contribution is 2.27. The first-order chi connectivity index (χ1) is 6.19. The smallest absolute Gasteiger partial charge is 0.179 e. The van der Waals surface area contributed by atoms with Crippen molar-refractivity contribution in [2.75, 3.05) is 14.2 Å². The van der Waals surface area contributed by atoms with Gasteiger partial charge in [0.2, 0.25) is 0 Å². The van der Waals surface area contributed by atoms with Gasteiger partial charge in [-0.3, -0.25) is 4.98 Å². The summed E-state index contributed by atoms with van der Waals surface area (Å²) >= 11 is 0. The molecule has 0 spiro atoms. The van der Waals surface area contributed by atoms with Crippen LogP contribution in [0.25, 0.3) is 0 Å². The maximum atomic E-state index is 5.67. The molecular formula is C9H14N2O2. The van der Waals surface area contributed by atoms with Gasteiger partial charge in [-0.25, -0.2) is 0 Å². The maximum Gasteiger partial charge on any atom is 0.179 e. The number of hydrogen-bond donors (Lipinski definition) is 1. The first kappa shape index (κ1) is 9.80. The third-order valence-corrected chi connectivity index (χ3v) is 1.76. The van der Waals surface area contributed by atoms with Crippen molar-refractivity contribution in [3.8, 4) is 11.5 Å². The van der Waals surface area contributed by atoms with Crippen molar-refractivity contribution < 1.29 is 9.47 Å². The molecule has 0 aliphatic rings. The van der Waals surface area contributed by atoms with Gasteiger partial charge in [0.1, 0.15) is 0 Å². The molecule has 0 amide bonds. The van der Waals surface area contributed by atoms with Gasteiger partial charge in [0.05, 0.1) is 26.1 Å². The van der Waals surface area contributed by atoms with E-state index < -0.39 is 0 Å². The Balaban J connectivity index is 3.05. The highest BCUT2D eigenvalue weighted by atomic mass is 16.5. The van der Waals surface area contributed by atoms with Gasteiger partial charge in [0.15, 0.2) is 11.5 Å². The topological polar surface area (TPSA) is 57.4 Å². The van der Waals surface area contributed by atoms with Gasteiger partial charge in [-0.2, -0.15) is 0 Å². The van der Waals surface area contributed by atoms with Crippen LogP contribution in [0, 0.1) is 0 Å². The van der Waals surface area contributed by atoms with Gasteiger partial charge < -0.3 is 15.2 Å². The Bertz CT molecular complexity index is 287. The van der Waals surface area contributed by atoms with Gasteiger partial charge in [-0.05, 0) is 6.92 Å². The molecule has 0 saturated carbocycles. The second-order valence-electron chi connectivity index (χ2n) is 2.75. The van der Waals surface area contributed by atoms with Crippen molar-refractivity contribution in [1.29, 1.82) is 0 Å². The predicted molar refractivity (Wildman–Crippen MR) is 49.9 cm³/mol. The van der Waals surface area contributed by atoms with E-state index >= 15 is 0 Å². The van der Waals surface area contributed by atoms with E-state index in [0.29, 0.717) is 11.5 Å². The van der Waals surface area contributed by atoms with E-state index in [9.17, 15) is 0 Å². The van der Waals surface area contributed by atoms with E-state index in [1.807, 2.05) is 6.92 Å². The third kappa shape index (κ3) is 2.09. The fourth-order valence-electron chi connectivity index (χ4n) is 1.00. The summed E-state index contributed by atoms with van der Waals surface area (Å²) in [4.78, 5) is 4.13. The quantitative estimate of drug-likeness (QED) is 0.761. The minimum Gasteiger partial charge on any atom is -0.493 e. The summed E-state index contributed by atoms with van der Waals surface area (Å²) in [7, 11) is 3.16. The molecule has 0 fully saturated rings. The largest absolute Gasteiger partial charge is 0.493 e. The Kier molecular flexibility index (Phi) is 3.08. The molecule has 13 heavy (non-hydrogen) atoms. The van der Waals surface area contributed by atoms with Crippen LogP contribution in [0.15, 0.2) is 12.3 Å². The fraction of sp³-hybridized carbons (Fsp3) is 0.444. The van der Waals surface area contributed by atoms with E-state index in [4.69, 9.17) is 15.2 Å². The predicted octanol–water partition coefficient (Wildman–Crippen LogP) is 1.12. The second kappa shape index (κ2) is 4.09. The lowest BCUT2D eigenvalue weighted by Gasteiger charge is -2.10. The number of nitrogens with zero attached hydrogens (tertiary/aromatic N) is 1. The van der Waals surface area contributed by atoms with E-state index in [2.05, 4.69) is 4.98 Å².